The highest BCUT2D eigenvalue weighted by atomic mass is 35.5. The molecule has 1 atom stereocenters. The summed E-state index contributed by atoms with van der Waals surface area (Å²) in [6, 6.07) is 13.6. The lowest BCUT2D eigenvalue weighted by molar-refractivity contribution is -0.121. The zero-order valence-corrected chi connectivity index (χ0v) is 13.3. The molecule has 2 N–H and O–H groups in total. The van der Waals surface area contributed by atoms with E-state index in [4.69, 9.17) is 11.6 Å². The van der Waals surface area contributed by atoms with E-state index in [-0.39, 0.29) is 11.9 Å². The van der Waals surface area contributed by atoms with E-state index < -0.39 is 6.04 Å². The molecule has 3 rings (SSSR count). The standard InChI is InChI=1S/C17H16ClN3O2/c1-19-16(22)15-10-11-6-2-5-9-14(11)21(15)17(23)20-13-8-4-3-7-12(13)18/h2-9,15H,10H2,1H3,(H,19,22)(H,20,23)/t15-/m0/s1. The summed E-state index contributed by atoms with van der Waals surface area (Å²) < 4.78 is 0. The minimum atomic E-state index is -0.570. The van der Waals surface area contributed by atoms with Crippen LogP contribution in [-0.2, 0) is 11.2 Å². The van der Waals surface area contributed by atoms with Crippen LogP contribution in [0.3, 0.4) is 0 Å². The molecule has 1 aliphatic rings. The number of nitrogens with zero attached hydrogens (tertiary/aromatic N) is 1. The van der Waals surface area contributed by atoms with Crippen molar-refractivity contribution >= 4 is 34.9 Å². The van der Waals surface area contributed by atoms with Crippen LogP contribution in [0, 0.1) is 0 Å². The molecule has 1 aliphatic heterocycles. The lowest BCUT2D eigenvalue weighted by Crippen LogP contribution is -2.48. The lowest BCUT2D eigenvalue weighted by Gasteiger charge is -2.24. The lowest BCUT2D eigenvalue weighted by atomic mass is 10.1. The van der Waals surface area contributed by atoms with Crippen LogP contribution in [-0.4, -0.2) is 25.0 Å². The number of anilines is 2. The fourth-order valence-electron chi connectivity index (χ4n) is 2.75. The largest absolute Gasteiger partial charge is 0.357 e. The molecule has 23 heavy (non-hydrogen) atoms. The Bertz CT molecular complexity index is 763. The second kappa shape index (κ2) is 6.30. The van der Waals surface area contributed by atoms with Gasteiger partial charge in [0.2, 0.25) is 5.91 Å². The molecule has 0 spiro atoms. The molecular weight excluding hydrogens is 314 g/mol. The Morgan fingerprint density at radius 1 is 1.13 bits per heavy atom. The maximum Gasteiger partial charge on any atom is 0.327 e. The molecule has 6 heteroatoms. The predicted molar refractivity (Wildman–Crippen MR) is 91.0 cm³/mol. The summed E-state index contributed by atoms with van der Waals surface area (Å²) in [6.07, 6.45) is 0.492. The summed E-state index contributed by atoms with van der Waals surface area (Å²) in [4.78, 5) is 26.4. The molecule has 0 saturated heterocycles. The van der Waals surface area contributed by atoms with Crippen LogP contribution >= 0.6 is 11.6 Å². The summed E-state index contributed by atoms with van der Waals surface area (Å²) >= 11 is 6.09. The van der Waals surface area contributed by atoms with Gasteiger partial charge in [-0.3, -0.25) is 9.69 Å². The van der Waals surface area contributed by atoms with Crippen LogP contribution in [0.25, 0.3) is 0 Å². The van der Waals surface area contributed by atoms with Gasteiger partial charge in [-0.05, 0) is 23.8 Å². The van der Waals surface area contributed by atoms with Gasteiger partial charge in [0.05, 0.1) is 10.7 Å². The maximum atomic E-state index is 12.7. The van der Waals surface area contributed by atoms with Crippen LogP contribution in [0.1, 0.15) is 5.56 Å². The van der Waals surface area contributed by atoms with E-state index in [0.717, 1.165) is 11.3 Å². The molecule has 2 aromatic carbocycles. The number of likely N-dealkylation sites (N-methyl/N-ethyl adjacent to an activating group) is 1. The first-order valence-electron chi connectivity index (χ1n) is 7.26. The Morgan fingerprint density at radius 3 is 2.57 bits per heavy atom. The highest BCUT2D eigenvalue weighted by molar-refractivity contribution is 6.33. The van der Waals surface area contributed by atoms with Gasteiger partial charge < -0.3 is 10.6 Å². The van der Waals surface area contributed by atoms with E-state index >= 15 is 0 Å². The van der Waals surface area contributed by atoms with Gasteiger partial charge in [-0.2, -0.15) is 0 Å². The third-order valence-corrected chi connectivity index (χ3v) is 4.19. The molecule has 1 heterocycles. The van der Waals surface area contributed by atoms with Gasteiger partial charge in [-0.25, -0.2) is 4.79 Å². The van der Waals surface area contributed by atoms with Crippen LogP contribution < -0.4 is 15.5 Å². The first-order chi connectivity index (χ1) is 11.1. The monoisotopic (exact) mass is 329 g/mol. The highest BCUT2D eigenvalue weighted by Gasteiger charge is 2.37. The minimum absolute atomic E-state index is 0.199. The second-order valence-corrected chi connectivity index (χ2v) is 5.65. The number of benzene rings is 2. The van der Waals surface area contributed by atoms with Gasteiger partial charge in [0.15, 0.2) is 0 Å². The van der Waals surface area contributed by atoms with E-state index in [9.17, 15) is 9.59 Å². The highest BCUT2D eigenvalue weighted by Crippen LogP contribution is 2.33. The van der Waals surface area contributed by atoms with Gasteiger partial charge in [0.1, 0.15) is 6.04 Å². The molecule has 0 aromatic heterocycles. The average Bonchev–Trinajstić information content (AvgIpc) is 2.95. The second-order valence-electron chi connectivity index (χ2n) is 5.24. The Balaban J connectivity index is 1.92. The molecule has 2 aromatic rings. The number of fused-ring (bicyclic) bond motifs is 1. The van der Waals surface area contributed by atoms with Crippen molar-refractivity contribution in [2.75, 3.05) is 17.3 Å². The molecule has 0 unspecified atom stereocenters. The molecule has 5 nitrogen and oxygen atoms in total. The minimum Gasteiger partial charge on any atom is -0.357 e. The number of carbonyl (C=O) groups excluding carboxylic acids is 2. The van der Waals surface area contributed by atoms with E-state index in [1.807, 2.05) is 24.3 Å². The van der Waals surface area contributed by atoms with Crippen LogP contribution in [0.2, 0.25) is 5.02 Å². The van der Waals surface area contributed by atoms with Gasteiger partial charge in [0.25, 0.3) is 0 Å². The summed E-state index contributed by atoms with van der Waals surface area (Å²) in [7, 11) is 1.56. The third kappa shape index (κ3) is 2.87. The first-order valence-corrected chi connectivity index (χ1v) is 7.64. The van der Waals surface area contributed by atoms with Crippen molar-refractivity contribution in [2.45, 2.75) is 12.5 Å². The van der Waals surface area contributed by atoms with E-state index in [0.29, 0.717) is 17.1 Å². The number of nitrogens with one attached hydrogen (secondary N) is 2. The van der Waals surface area contributed by atoms with Crippen LogP contribution in [0.4, 0.5) is 16.2 Å². The van der Waals surface area contributed by atoms with Gasteiger partial charge in [-0.1, -0.05) is 41.9 Å². The predicted octanol–water partition coefficient (Wildman–Crippen LogP) is 3.05. The van der Waals surface area contributed by atoms with Crippen LogP contribution in [0.5, 0.6) is 0 Å². The fourth-order valence-corrected chi connectivity index (χ4v) is 2.93. The Morgan fingerprint density at radius 2 is 1.83 bits per heavy atom. The molecule has 0 aliphatic carbocycles. The maximum absolute atomic E-state index is 12.7. The van der Waals surface area contributed by atoms with Crippen LogP contribution in [0.15, 0.2) is 48.5 Å². The van der Waals surface area contributed by atoms with Gasteiger partial charge in [0, 0.05) is 19.2 Å². The number of urea groups is 1. The topological polar surface area (TPSA) is 61.4 Å². The van der Waals surface area contributed by atoms with Crippen molar-refractivity contribution in [3.8, 4) is 0 Å². The van der Waals surface area contributed by atoms with Crippen molar-refractivity contribution in [1.29, 1.82) is 0 Å². The fraction of sp³-hybridized carbons (Fsp3) is 0.176. The number of carbonyl (C=O) groups is 2. The van der Waals surface area contributed by atoms with Crippen molar-refractivity contribution in [3.05, 3.63) is 59.1 Å². The third-order valence-electron chi connectivity index (χ3n) is 3.86. The molecule has 0 fully saturated rings. The van der Waals surface area contributed by atoms with Crippen molar-refractivity contribution in [3.63, 3.8) is 0 Å². The normalized spacial score (nSPS) is 15.9. The van der Waals surface area contributed by atoms with E-state index in [2.05, 4.69) is 10.6 Å². The molecule has 0 saturated carbocycles. The molecule has 3 amide bonds. The zero-order chi connectivity index (χ0) is 16.4. The summed E-state index contributed by atoms with van der Waals surface area (Å²) in [5, 5.41) is 5.84. The van der Waals surface area contributed by atoms with Crippen molar-refractivity contribution in [2.24, 2.45) is 0 Å². The van der Waals surface area contributed by atoms with Crippen molar-refractivity contribution < 1.29 is 9.59 Å². The van der Waals surface area contributed by atoms with Crippen molar-refractivity contribution in [1.82, 2.24) is 5.32 Å². The van der Waals surface area contributed by atoms with E-state index in [1.54, 1.807) is 31.3 Å². The Labute approximate surface area is 139 Å². The summed E-state index contributed by atoms with van der Waals surface area (Å²) in [5.74, 6) is -0.199. The van der Waals surface area contributed by atoms with E-state index in [1.165, 1.54) is 4.90 Å². The first kappa shape index (κ1) is 15.4. The smallest absolute Gasteiger partial charge is 0.327 e. The average molecular weight is 330 g/mol. The molecule has 118 valence electrons. The Hall–Kier alpha value is -2.53. The number of halogens is 1. The number of hydrogen-bond donors (Lipinski definition) is 2. The molecule has 0 radical (unpaired) electrons. The molecule has 0 bridgehead atoms. The number of rotatable bonds is 2. The number of para-hydroxylation sites is 2. The quantitative estimate of drug-likeness (QED) is 0.889. The summed E-state index contributed by atoms with van der Waals surface area (Å²) in [6.45, 7) is 0. The SMILES string of the molecule is CNC(=O)[C@@H]1Cc2ccccc2N1C(=O)Nc1ccccc1Cl. The Kier molecular flexibility index (Phi) is 4.21. The van der Waals surface area contributed by atoms with Gasteiger partial charge >= 0.3 is 6.03 Å². The number of hydrogen-bond acceptors (Lipinski definition) is 2. The van der Waals surface area contributed by atoms with Gasteiger partial charge in [-0.15, -0.1) is 0 Å². The molecular formula is C17H16ClN3O2. The summed E-state index contributed by atoms with van der Waals surface area (Å²) in [5.41, 5.74) is 2.22. The number of amides is 3. The zero-order valence-electron chi connectivity index (χ0n) is 12.5.